The molecular formula is C11H8BrNO3S2. The monoisotopic (exact) mass is 345 g/mol. The zero-order chi connectivity index (χ0) is 13.3. The average molecular weight is 346 g/mol. The molecule has 0 unspecified atom stereocenters. The van der Waals surface area contributed by atoms with Crippen molar-refractivity contribution in [3.63, 3.8) is 0 Å². The minimum absolute atomic E-state index is 0.0266. The minimum atomic E-state index is -0.215. The lowest BCUT2D eigenvalue weighted by Crippen LogP contribution is -2.17. The molecule has 1 fully saturated rings. The van der Waals surface area contributed by atoms with Crippen LogP contribution in [0.1, 0.15) is 5.56 Å². The van der Waals surface area contributed by atoms with Gasteiger partial charge in [0.15, 0.2) is 11.5 Å². The van der Waals surface area contributed by atoms with Crippen molar-refractivity contribution in [3.05, 3.63) is 27.1 Å². The number of methoxy groups -OCH3 is 1. The van der Waals surface area contributed by atoms with Gasteiger partial charge >= 0.3 is 0 Å². The number of thiocarbonyl (C=S) groups is 1. The van der Waals surface area contributed by atoms with Crippen LogP contribution in [0.5, 0.6) is 11.5 Å². The number of carbonyl (C=O) groups is 1. The molecule has 1 aromatic carbocycles. The molecule has 7 heteroatoms. The topological polar surface area (TPSA) is 58.6 Å². The van der Waals surface area contributed by atoms with Crippen LogP contribution in [-0.2, 0) is 4.79 Å². The van der Waals surface area contributed by atoms with Gasteiger partial charge in [0, 0.05) is 0 Å². The third-order valence-corrected chi connectivity index (χ3v) is 3.98. The summed E-state index contributed by atoms with van der Waals surface area (Å²) in [7, 11) is 1.46. The third kappa shape index (κ3) is 2.68. The van der Waals surface area contributed by atoms with Crippen LogP contribution in [0.25, 0.3) is 6.08 Å². The number of thioether (sulfide) groups is 1. The maximum Gasteiger partial charge on any atom is 0.263 e. The number of hydrogen-bond acceptors (Lipinski definition) is 5. The molecule has 0 atom stereocenters. The highest BCUT2D eigenvalue weighted by molar-refractivity contribution is 9.10. The number of nitrogens with one attached hydrogen (secondary N) is 1. The summed E-state index contributed by atoms with van der Waals surface area (Å²) in [6, 6.07) is 3.34. The highest BCUT2D eigenvalue weighted by Crippen LogP contribution is 2.36. The van der Waals surface area contributed by atoms with E-state index in [1.165, 1.54) is 18.9 Å². The van der Waals surface area contributed by atoms with Crippen molar-refractivity contribution in [1.82, 2.24) is 5.32 Å². The number of hydrogen-bond donors (Lipinski definition) is 2. The van der Waals surface area contributed by atoms with Gasteiger partial charge in [0.25, 0.3) is 5.91 Å². The summed E-state index contributed by atoms with van der Waals surface area (Å²) >= 11 is 9.33. The van der Waals surface area contributed by atoms with Crippen LogP contribution in [0.4, 0.5) is 0 Å². The molecule has 2 rings (SSSR count). The van der Waals surface area contributed by atoms with Crippen LogP contribution in [0.15, 0.2) is 21.5 Å². The predicted molar refractivity (Wildman–Crippen MR) is 78.7 cm³/mol. The van der Waals surface area contributed by atoms with E-state index < -0.39 is 0 Å². The summed E-state index contributed by atoms with van der Waals surface area (Å²) < 4.78 is 5.98. The number of ether oxygens (including phenoxy) is 1. The molecule has 0 spiro atoms. The molecule has 0 radical (unpaired) electrons. The lowest BCUT2D eigenvalue weighted by Gasteiger charge is -2.06. The van der Waals surface area contributed by atoms with E-state index in [-0.39, 0.29) is 11.7 Å². The van der Waals surface area contributed by atoms with Gasteiger partial charge in [0.2, 0.25) is 0 Å². The number of benzene rings is 1. The van der Waals surface area contributed by atoms with Crippen LogP contribution >= 0.6 is 39.9 Å². The highest BCUT2D eigenvalue weighted by atomic mass is 79.9. The summed E-state index contributed by atoms with van der Waals surface area (Å²) in [4.78, 5) is 12.0. The van der Waals surface area contributed by atoms with Gasteiger partial charge in [-0.05, 0) is 39.7 Å². The summed E-state index contributed by atoms with van der Waals surface area (Å²) in [5, 5.41) is 12.2. The van der Waals surface area contributed by atoms with Crippen LogP contribution in [0, 0.1) is 0 Å². The van der Waals surface area contributed by atoms with Gasteiger partial charge in [-0.1, -0.05) is 24.0 Å². The van der Waals surface area contributed by atoms with Crippen molar-refractivity contribution >= 4 is 56.2 Å². The predicted octanol–water partition coefficient (Wildman–Crippen LogP) is 2.65. The van der Waals surface area contributed by atoms with Gasteiger partial charge < -0.3 is 15.2 Å². The molecule has 1 heterocycles. The maximum atomic E-state index is 11.5. The number of rotatable bonds is 2. The van der Waals surface area contributed by atoms with E-state index in [9.17, 15) is 9.90 Å². The number of phenols is 1. The standard InChI is InChI=1S/C11H8BrNO3S2/c1-16-7-3-5(2-6(12)9(7)14)4-8-10(15)13-11(17)18-8/h2-4,14H,1H3,(H,13,15,17)/b8-4+. The fourth-order valence-corrected chi connectivity index (χ4v) is 2.91. The second kappa shape index (κ2) is 5.29. The lowest BCUT2D eigenvalue weighted by molar-refractivity contribution is -0.115. The van der Waals surface area contributed by atoms with Crippen molar-refractivity contribution in [2.24, 2.45) is 0 Å². The summed E-state index contributed by atoms with van der Waals surface area (Å²) in [6.45, 7) is 0. The van der Waals surface area contributed by atoms with E-state index in [1.54, 1.807) is 18.2 Å². The molecule has 1 amide bonds. The van der Waals surface area contributed by atoms with Crippen LogP contribution in [0.2, 0.25) is 0 Å². The first-order valence-electron chi connectivity index (χ1n) is 4.82. The molecule has 94 valence electrons. The van der Waals surface area contributed by atoms with Crippen molar-refractivity contribution in [2.75, 3.05) is 7.11 Å². The van der Waals surface area contributed by atoms with E-state index in [1.807, 2.05) is 0 Å². The molecule has 1 saturated heterocycles. The molecular weight excluding hydrogens is 338 g/mol. The zero-order valence-corrected chi connectivity index (χ0v) is 12.4. The molecule has 0 aliphatic carbocycles. The quantitative estimate of drug-likeness (QED) is 0.637. The fraction of sp³-hybridized carbons (Fsp3) is 0.0909. The Labute approximate surface area is 122 Å². The highest BCUT2D eigenvalue weighted by Gasteiger charge is 2.22. The molecule has 0 aromatic heterocycles. The van der Waals surface area contributed by atoms with Crippen LogP contribution in [-0.4, -0.2) is 22.4 Å². The normalized spacial score (nSPS) is 17.1. The van der Waals surface area contributed by atoms with Crippen molar-refractivity contribution in [2.45, 2.75) is 0 Å². The van der Waals surface area contributed by atoms with Crippen molar-refractivity contribution in [1.29, 1.82) is 0 Å². The number of aromatic hydroxyl groups is 1. The Bertz CT molecular complexity index is 572. The minimum Gasteiger partial charge on any atom is -0.503 e. The molecule has 0 saturated carbocycles. The van der Waals surface area contributed by atoms with E-state index in [0.29, 0.717) is 19.4 Å². The Morgan fingerprint density at radius 1 is 1.56 bits per heavy atom. The Morgan fingerprint density at radius 3 is 2.83 bits per heavy atom. The first kappa shape index (κ1) is 13.4. The SMILES string of the molecule is COc1cc(/C=C2/SC(=S)NC2=O)cc(Br)c1O. The first-order chi connectivity index (χ1) is 8.51. The van der Waals surface area contributed by atoms with Crippen molar-refractivity contribution < 1.29 is 14.6 Å². The molecule has 18 heavy (non-hydrogen) atoms. The zero-order valence-electron chi connectivity index (χ0n) is 9.19. The fourth-order valence-electron chi connectivity index (χ4n) is 1.41. The smallest absolute Gasteiger partial charge is 0.263 e. The number of carbonyl (C=O) groups excluding carboxylic acids is 1. The van der Waals surface area contributed by atoms with Gasteiger partial charge in [0.05, 0.1) is 16.5 Å². The molecule has 1 aliphatic heterocycles. The van der Waals surface area contributed by atoms with Crippen LogP contribution in [0.3, 0.4) is 0 Å². The second-order valence-corrected chi connectivity index (χ2v) is 5.98. The summed E-state index contributed by atoms with van der Waals surface area (Å²) in [6.07, 6.45) is 1.69. The Hall–Kier alpha value is -1.05. The van der Waals surface area contributed by atoms with Gasteiger partial charge in [-0.2, -0.15) is 0 Å². The third-order valence-electron chi connectivity index (χ3n) is 2.21. The van der Waals surface area contributed by atoms with E-state index in [4.69, 9.17) is 17.0 Å². The van der Waals surface area contributed by atoms with Gasteiger partial charge in [-0.25, -0.2) is 0 Å². The second-order valence-electron chi connectivity index (χ2n) is 3.41. The van der Waals surface area contributed by atoms with Crippen LogP contribution < -0.4 is 10.1 Å². The molecule has 1 aromatic rings. The largest absolute Gasteiger partial charge is 0.503 e. The van der Waals surface area contributed by atoms with Crippen molar-refractivity contribution in [3.8, 4) is 11.5 Å². The first-order valence-corrected chi connectivity index (χ1v) is 6.84. The molecule has 1 aliphatic rings. The Morgan fingerprint density at radius 2 is 2.28 bits per heavy atom. The van der Waals surface area contributed by atoms with E-state index in [0.717, 1.165) is 5.56 Å². The number of halogens is 1. The van der Waals surface area contributed by atoms with Gasteiger partial charge in [0.1, 0.15) is 4.32 Å². The molecule has 4 nitrogen and oxygen atoms in total. The van der Waals surface area contributed by atoms with Gasteiger partial charge in [-0.15, -0.1) is 0 Å². The van der Waals surface area contributed by atoms with Gasteiger partial charge in [-0.3, -0.25) is 4.79 Å². The summed E-state index contributed by atoms with van der Waals surface area (Å²) in [5.74, 6) is 0.147. The lowest BCUT2D eigenvalue weighted by atomic mass is 10.2. The Kier molecular flexibility index (Phi) is 3.94. The average Bonchev–Trinajstić information content (AvgIpc) is 2.62. The maximum absolute atomic E-state index is 11.5. The molecule has 2 N–H and O–H groups in total. The summed E-state index contributed by atoms with van der Waals surface area (Å²) in [5.41, 5.74) is 0.735. The Balaban J connectivity index is 2.41. The van der Waals surface area contributed by atoms with E-state index in [2.05, 4.69) is 21.2 Å². The number of amides is 1. The molecule has 0 bridgehead atoms. The number of phenolic OH excluding ortho intramolecular Hbond substituents is 1. The van der Waals surface area contributed by atoms with E-state index >= 15 is 0 Å².